The first-order valence-electron chi connectivity index (χ1n) is 6.93. The van der Waals surface area contributed by atoms with Gasteiger partial charge >= 0.3 is 5.69 Å². The zero-order chi connectivity index (χ0) is 16.4. The third kappa shape index (κ3) is 3.89. The second-order valence-electron chi connectivity index (χ2n) is 5.00. The molecule has 1 saturated heterocycles. The Morgan fingerprint density at radius 3 is 2.79 bits per heavy atom. The van der Waals surface area contributed by atoms with Gasteiger partial charge in [0, 0.05) is 32.7 Å². The van der Waals surface area contributed by atoms with E-state index in [9.17, 15) is 14.3 Å². The summed E-state index contributed by atoms with van der Waals surface area (Å²) >= 11 is 0. The van der Waals surface area contributed by atoms with E-state index in [1.165, 1.54) is 6.20 Å². The molecule has 125 valence electrons. The first kappa shape index (κ1) is 19.1. The normalized spacial score (nSPS) is 27.0. The molecule has 2 aromatic rings. The Balaban J connectivity index is 0.00000208. The van der Waals surface area contributed by atoms with Crippen LogP contribution in [0.4, 0.5) is 10.1 Å². The van der Waals surface area contributed by atoms with Crippen molar-refractivity contribution in [3.8, 4) is 0 Å². The molecule has 1 unspecified atom stereocenters. The van der Waals surface area contributed by atoms with E-state index in [4.69, 9.17) is 9.84 Å². The molecule has 3 rings (SSSR count). The number of alkyl halides is 1. The van der Waals surface area contributed by atoms with Crippen molar-refractivity contribution < 1.29 is 52.0 Å². The monoisotopic (exact) mass is 408 g/mol. The minimum absolute atomic E-state index is 0. The van der Waals surface area contributed by atoms with Crippen molar-refractivity contribution in [2.45, 2.75) is 24.6 Å². The van der Waals surface area contributed by atoms with Crippen LogP contribution in [0.3, 0.4) is 0 Å². The van der Waals surface area contributed by atoms with Gasteiger partial charge in [-0.25, -0.2) is 9.18 Å². The molecule has 1 aliphatic heterocycles. The number of nitrogens with zero attached hydrogens (tertiary/aromatic N) is 2. The Morgan fingerprint density at radius 2 is 2.21 bits per heavy atom. The summed E-state index contributed by atoms with van der Waals surface area (Å²) in [6.07, 6.45) is -4.55. The summed E-state index contributed by atoms with van der Waals surface area (Å²) in [6, 6.07) is 12.5. The molecule has 0 spiro atoms. The predicted octanol–water partition coefficient (Wildman–Crippen LogP) is -0.405. The molecule has 0 saturated carbocycles. The number of aliphatic hydroxyl groups excluding tert-OH is 2. The second kappa shape index (κ2) is 8.27. The van der Waals surface area contributed by atoms with E-state index in [1.54, 1.807) is 24.3 Å². The summed E-state index contributed by atoms with van der Waals surface area (Å²) in [5.74, 6) is 0. The first-order valence-corrected chi connectivity index (χ1v) is 6.93. The molecule has 1 fully saturated rings. The second-order valence-corrected chi connectivity index (χ2v) is 5.00. The zero-order valence-corrected chi connectivity index (χ0v) is 15.3. The van der Waals surface area contributed by atoms with E-state index in [0.717, 1.165) is 4.57 Å². The van der Waals surface area contributed by atoms with Gasteiger partial charge in [-0.2, -0.15) is 30.5 Å². The van der Waals surface area contributed by atoms with Gasteiger partial charge in [0.05, 0.1) is 6.61 Å². The Morgan fingerprint density at radius 1 is 1.42 bits per heavy atom. The van der Waals surface area contributed by atoms with Crippen molar-refractivity contribution >= 4 is 5.69 Å². The summed E-state index contributed by atoms with van der Waals surface area (Å²) in [5.41, 5.74) is -0.00775. The molecular weight excluding hydrogens is 394 g/mol. The van der Waals surface area contributed by atoms with E-state index in [1.807, 2.05) is 0 Å². The smallest absolute Gasteiger partial charge is 0.324 e. The van der Waals surface area contributed by atoms with Crippen LogP contribution in [0.1, 0.15) is 6.23 Å². The molecule has 9 heteroatoms. The fourth-order valence-corrected chi connectivity index (χ4v) is 2.29. The molecule has 1 radical (unpaired) electrons. The van der Waals surface area contributed by atoms with Gasteiger partial charge in [0.1, 0.15) is 12.2 Å². The number of hydrogen-bond acceptors (Lipinski definition) is 5. The maximum absolute atomic E-state index is 14.0. The first-order chi connectivity index (χ1) is 11.1. The molecule has 0 aliphatic carbocycles. The molecule has 1 aromatic heterocycles. The van der Waals surface area contributed by atoms with Gasteiger partial charge in [0.15, 0.2) is 12.4 Å². The van der Waals surface area contributed by atoms with E-state index in [-0.39, 0.29) is 38.2 Å². The molecule has 0 bridgehead atoms. The zero-order valence-electron chi connectivity index (χ0n) is 12.5. The number of ether oxygens (including phenoxy) is 1. The van der Waals surface area contributed by atoms with Gasteiger partial charge in [0.2, 0.25) is 0 Å². The number of rotatable bonds is 3. The van der Waals surface area contributed by atoms with Crippen molar-refractivity contribution in [1.29, 1.82) is 0 Å². The largest absolute Gasteiger partial charge is 0.410 e. The van der Waals surface area contributed by atoms with Crippen LogP contribution in [-0.2, 0) is 37.4 Å². The summed E-state index contributed by atoms with van der Waals surface area (Å²) in [5, 5.41) is 18.6. The molecule has 1 aliphatic rings. The maximum atomic E-state index is 14.0. The minimum atomic E-state index is -1.84. The van der Waals surface area contributed by atoms with E-state index < -0.39 is 36.9 Å². The SMILES string of the molecule is O=c1[nH]c(=Nc2[c-]cccc2)[c-]cn1[C@@H]1O[C@H](CO)C(O)[C@@H]1F.[Y]. The summed E-state index contributed by atoms with van der Waals surface area (Å²) in [4.78, 5) is 18.7. The van der Waals surface area contributed by atoms with Gasteiger partial charge < -0.3 is 30.6 Å². The molecule has 0 amide bonds. The quantitative estimate of drug-likeness (QED) is 0.602. The number of hydrogen-bond donors (Lipinski definition) is 3. The Bertz CT molecular complexity index is 795. The summed E-state index contributed by atoms with van der Waals surface area (Å²) in [6.45, 7) is -0.544. The summed E-state index contributed by atoms with van der Waals surface area (Å²) < 4.78 is 20.1. The van der Waals surface area contributed by atoms with Crippen molar-refractivity contribution in [2.75, 3.05) is 6.61 Å². The molecular formula is C15H14FN3O4Y-2. The third-order valence-electron chi connectivity index (χ3n) is 3.47. The van der Waals surface area contributed by atoms with Crippen molar-refractivity contribution in [3.63, 3.8) is 0 Å². The topological polar surface area (TPSA) is 99.8 Å². The number of aromatic amines is 1. The van der Waals surface area contributed by atoms with Crippen LogP contribution in [0, 0.1) is 12.1 Å². The Kier molecular flexibility index (Phi) is 6.59. The molecule has 4 atom stereocenters. The fraction of sp³-hybridized carbons (Fsp3) is 0.333. The van der Waals surface area contributed by atoms with Crippen LogP contribution in [0.15, 0.2) is 40.2 Å². The number of para-hydroxylation sites is 1. The van der Waals surface area contributed by atoms with E-state index >= 15 is 0 Å². The molecule has 3 N–H and O–H groups in total. The van der Waals surface area contributed by atoms with Gasteiger partial charge in [0.25, 0.3) is 0 Å². The third-order valence-corrected chi connectivity index (χ3v) is 3.47. The summed E-state index contributed by atoms with van der Waals surface area (Å²) in [7, 11) is 0. The number of benzene rings is 1. The molecule has 2 heterocycles. The number of aliphatic hydroxyl groups is 2. The predicted molar refractivity (Wildman–Crippen MR) is 76.3 cm³/mol. The van der Waals surface area contributed by atoms with Crippen LogP contribution >= 0.6 is 0 Å². The maximum Gasteiger partial charge on any atom is 0.324 e. The Hall–Kier alpha value is -1.19. The van der Waals surface area contributed by atoms with Crippen LogP contribution in [0.25, 0.3) is 0 Å². The van der Waals surface area contributed by atoms with Gasteiger partial charge in [-0.05, 0) is 5.49 Å². The average molecular weight is 408 g/mol. The number of halogens is 1. The van der Waals surface area contributed by atoms with Crippen LogP contribution in [0.5, 0.6) is 0 Å². The van der Waals surface area contributed by atoms with Crippen LogP contribution < -0.4 is 11.2 Å². The fourth-order valence-electron chi connectivity index (χ4n) is 2.29. The van der Waals surface area contributed by atoms with Crippen LogP contribution in [0.2, 0.25) is 0 Å². The van der Waals surface area contributed by atoms with E-state index in [2.05, 4.69) is 22.1 Å². The molecule has 7 nitrogen and oxygen atoms in total. The number of nitrogens with one attached hydrogen (secondary N) is 1. The standard InChI is InChI=1S/C15H14FN3O4.Y/c16-12-13(21)10(8-20)23-14(12)19-7-6-11(18-15(19)22)17-9-4-2-1-3-5-9;/h1-4,7,10,12-14,20-21H,8H2,(H,17,18,22);/q-2;/t10-,12+,13?,14-;/m1./s1. The Labute approximate surface area is 161 Å². The van der Waals surface area contributed by atoms with Gasteiger partial charge in [-0.15, -0.1) is 6.07 Å². The van der Waals surface area contributed by atoms with Gasteiger partial charge in [-0.1, -0.05) is 5.69 Å². The number of H-pyrrole nitrogens is 1. The van der Waals surface area contributed by atoms with Gasteiger partial charge in [-0.3, -0.25) is 4.99 Å². The number of aromatic nitrogens is 2. The minimum Gasteiger partial charge on any atom is -0.410 e. The van der Waals surface area contributed by atoms with Crippen molar-refractivity contribution in [1.82, 2.24) is 9.55 Å². The van der Waals surface area contributed by atoms with Crippen molar-refractivity contribution in [2.24, 2.45) is 4.99 Å². The van der Waals surface area contributed by atoms with Crippen LogP contribution in [-0.4, -0.2) is 44.8 Å². The van der Waals surface area contributed by atoms with Crippen molar-refractivity contribution in [3.05, 3.63) is 58.6 Å². The van der Waals surface area contributed by atoms with E-state index in [0.29, 0.717) is 5.69 Å². The average Bonchev–Trinajstić information content (AvgIpc) is 2.84. The molecule has 1 aromatic carbocycles. The molecule has 24 heavy (non-hydrogen) atoms.